The number of likely N-dealkylation sites (tertiary alicyclic amines) is 1. The van der Waals surface area contributed by atoms with Crippen LogP contribution in [0.5, 0.6) is 0 Å². The molecule has 2 aliphatic rings. The Morgan fingerprint density at radius 2 is 1.93 bits per heavy atom. The van der Waals surface area contributed by atoms with Gasteiger partial charge in [-0.05, 0) is 53.3 Å². The molecule has 0 spiro atoms. The SMILES string of the molecule is CC(c1cccc2ccccc12)N1CC2C(C(N)=O)C2(Cc2cccc(F)c2)C1. The van der Waals surface area contributed by atoms with E-state index in [1.165, 1.54) is 22.4 Å². The average Bonchev–Trinajstić information content (AvgIpc) is 3.16. The van der Waals surface area contributed by atoms with Crippen molar-refractivity contribution in [1.29, 1.82) is 0 Å². The van der Waals surface area contributed by atoms with E-state index in [4.69, 9.17) is 5.73 Å². The minimum absolute atomic E-state index is 0.110. The molecule has 1 aliphatic heterocycles. The summed E-state index contributed by atoms with van der Waals surface area (Å²) in [5.41, 5.74) is 7.81. The minimum atomic E-state index is -0.231. The average molecular weight is 388 g/mol. The summed E-state index contributed by atoms with van der Waals surface area (Å²) < 4.78 is 13.7. The number of nitrogens with zero attached hydrogens (tertiary/aromatic N) is 1. The minimum Gasteiger partial charge on any atom is -0.369 e. The fraction of sp³-hybridized carbons (Fsp3) is 0.320. The summed E-state index contributed by atoms with van der Waals surface area (Å²) in [7, 11) is 0. The number of piperidine rings is 1. The molecule has 4 atom stereocenters. The zero-order valence-corrected chi connectivity index (χ0v) is 16.5. The van der Waals surface area contributed by atoms with Gasteiger partial charge in [0.1, 0.15) is 5.82 Å². The number of rotatable bonds is 5. The molecule has 4 heteroatoms. The molecular weight excluding hydrogens is 363 g/mol. The van der Waals surface area contributed by atoms with Gasteiger partial charge in [0.2, 0.25) is 5.91 Å². The third-order valence-corrected chi connectivity index (χ3v) is 7.13. The molecule has 4 unspecified atom stereocenters. The maximum atomic E-state index is 13.7. The van der Waals surface area contributed by atoms with Crippen molar-refractivity contribution in [1.82, 2.24) is 4.90 Å². The van der Waals surface area contributed by atoms with Gasteiger partial charge in [0.05, 0.1) is 0 Å². The van der Waals surface area contributed by atoms with Crippen molar-refractivity contribution in [2.45, 2.75) is 19.4 Å². The van der Waals surface area contributed by atoms with Crippen molar-refractivity contribution in [2.75, 3.05) is 13.1 Å². The van der Waals surface area contributed by atoms with Crippen molar-refractivity contribution in [3.63, 3.8) is 0 Å². The van der Waals surface area contributed by atoms with E-state index >= 15 is 0 Å². The van der Waals surface area contributed by atoms with Crippen molar-refractivity contribution >= 4 is 16.7 Å². The summed E-state index contributed by atoms with van der Waals surface area (Å²) >= 11 is 0. The number of halogens is 1. The molecule has 2 fully saturated rings. The van der Waals surface area contributed by atoms with Gasteiger partial charge in [0.25, 0.3) is 0 Å². The van der Waals surface area contributed by atoms with E-state index in [1.807, 2.05) is 6.07 Å². The number of nitrogens with two attached hydrogens (primary N) is 1. The van der Waals surface area contributed by atoms with Crippen LogP contribution in [0.25, 0.3) is 10.8 Å². The number of hydrogen-bond donors (Lipinski definition) is 1. The van der Waals surface area contributed by atoms with Gasteiger partial charge in [0.15, 0.2) is 0 Å². The first-order valence-electron chi connectivity index (χ1n) is 10.2. The number of hydrogen-bond acceptors (Lipinski definition) is 2. The van der Waals surface area contributed by atoms with Gasteiger partial charge in [0, 0.05) is 30.5 Å². The van der Waals surface area contributed by atoms with Crippen molar-refractivity contribution in [3.05, 3.63) is 83.7 Å². The Bertz CT molecular complexity index is 1090. The van der Waals surface area contributed by atoms with Crippen LogP contribution in [0.15, 0.2) is 66.7 Å². The number of primary amides is 1. The molecule has 3 nitrogen and oxygen atoms in total. The summed E-state index contributed by atoms with van der Waals surface area (Å²) in [5, 5.41) is 2.51. The molecule has 0 radical (unpaired) electrons. The highest BCUT2D eigenvalue weighted by Gasteiger charge is 2.71. The molecule has 3 aromatic carbocycles. The van der Waals surface area contributed by atoms with Crippen LogP contribution < -0.4 is 5.73 Å². The molecule has 1 saturated carbocycles. The summed E-state index contributed by atoms with van der Waals surface area (Å²) in [4.78, 5) is 14.6. The van der Waals surface area contributed by atoms with Gasteiger partial charge in [-0.3, -0.25) is 9.69 Å². The summed E-state index contributed by atoms with van der Waals surface area (Å²) in [6.07, 6.45) is 0.696. The topological polar surface area (TPSA) is 46.3 Å². The van der Waals surface area contributed by atoms with Gasteiger partial charge < -0.3 is 5.73 Å². The van der Waals surface area contributed by atoms with Crippen LogP contribution in [0.2, 0.25) is 0 Å². The second-order valence-electron chi connectivity index (χ2n) is 8.70. The smallest absolute Gasteiger partial charge is 0.221 e. The number of benzene rings is 3. The van der Waals surface area contributed by atoms with E-state index in [-0.39, 0.29) is 35.0 Å². The Hall–Kier alpha value is -2.72. The van der Waals surface area contributed by atoms with E-state index in [2.05, 4.69) is 54.3 Å². The van der Waals surface area contributed by atoms with Crippen LogP contribution in [-0.2, 0) is 11.2 Å². The second kappa shape index (κ2) is 6.67. The Balaban J connectivity index is 1.43. The first kappa shape index (κ1) is 18.3. The highest BCUT2D eigenvalue weighted by atomic mass is 19.1. The lowest BCUT2D eigenvalue weighted by molar-refractivity contribution is -0.120. The molecule has 3 aromatic rings. The molecule has 0 aromatic heterocycles. The van der Waals surface area contributed by atoms with E-state index in [9.17, 15) is 9.18 Å². The first-order chi connectivity index (χ1) is 14.0. The predicted octanol–water partition coefficient (Wildman–Crippen LogP) is 4.32. The molecule has 1 heterocycles. The zero-order chi connectivity index (χ0) is 20.2. The van der Waals surface area contributed by atoms with Gasteiger partial charge in [-0.25, -0.2) is 4.39 Å². The molecule has 29 heavy (non-hydrogen) atoms. The standard InChI is InChI=1S/C25H25FN2O/c1-16(20-11-5-8-18-7-2-3-10-21(18)20)28-14-22-23(24(27)29)25(22,15-28)13-17-6-4-9-19(26)12-17/h2-12,16,22-23H,13-15H2,1H3,(H2,27,29). The molecule has 1 aliphatic carbocycles. The van der Waals surface area contributed by atoms with Crippen molar-refractivity contribution in [2.24, 2.45) is 23.0 Å². The lowest BCUT2D eigenvalue weighted by Gasteiger charge is -2.30. The third kappa shape index (κ3) is 2.94. The molecule has 2 N–H and O–H groups in total. The fourth-order valence-corrected chi connectivity index (χ4v) is 5.69. The molecule has 5 rings (SSSR count). The Kier molecular flexibility index (Phi) is 4.21. The van der Waals surface area contributed by atoms with E-state index < -0.39 is 0 Å². The quantitative estimate of drug-likeness (QED) is 0.708. The third-order valence-electron chi connectivity index (χ3n) is 7.13. The normalized spacial score (nSPS) is 27.0. The lowest BCUT2D eigenvalue weighted by Crippen LogP contribution is -2.34. The Morgan fingerprint density at radius 3 is 2.72 bits per heavy atom. The lowest BCUT2D eigenvalue weighted by atomic mass is 9.92. The molecule has 1 amide bonds. The van der Waals surface area contributed by atoms with Gasteiger partial charge >= 0.3 is 0 Å². The molecule has 148 valence electrons. The van der Waals surface area contributed by atoms with E-state index in [0.717, 1.165) is 18.7 Å². The van der Waals surface area contributed by atoms with Crippen LogP contribution >= 0.6 is 0 Å². The van der Waals surface area contributed by atoms with Crippen LogP contribution in [0.4, 0.5) is 4.39 Å². The zero-order valence-electron chi connectivity index (χ0n) is 16.5. The van der Waals surface area contributed by atoms with E-state index in [0.29, 0.717) is 6.42 Å². The van der Waals surface area contributed by atoms with Crippen LogP contribution in [0.3, 0.4) is 0 Å². The Morgan fingerprint density at radius 1 is 1.17 bits per heavy atom. The molecule has 1 saturated heterocycles. The van der Waals surface area contributed by atoms with Crippen LogP contribution in [-0.4, -0.2) is 23.9 Å². The van der Waals surface area contributed by atoms with E-state index in [1.54, 1.807) is 12.1 Å². The summed E-state index contributed by atoms with van der Waals surface area (Å²) in [5.74, 6) is -0.308. The predicted molar refractivity (Wildman–Crippen MR) is 113 cm³/mol. The number of fused-ring (bicyclic) bond motifs is 2. The highest BCUT2D eigenvalue weighted by Crippen LogP contribution is 2.65. The number of carbonyl (C=O) groups excluding carboxylic acids is 1. The monoisotopic (exact) mass is 388 g/mol. The summed E-state index contributed by atoms with van der Waals surface area (Å²) in [6.45, 7) is 3.90. The summed E-state index contributed by atoms with van der Waals surface area (Å²) in [6, 6.07) is 21.9. The largest absolute Gasteiger partial charge is 0.369 e. The second-order valence-corrected chi connectivity index (χ2v) is 8.70. The maximum absolute atomic E-state index is 13.7. The first-order valence-corrected chi connectivity index (χ1v) is 10.2. The molecular formula is C25H25FN2O. The highest BCUT2D eigenvalue weighted by molar-refractivity contribution is 5.86. The Labute approximate surface area is 170 Å². The van der Waals surface area contributed by atoms with Crippen molar-refractivity contribution in [3.8, 4) is 0 Å². The van der Waals surface area contributed by atoms with Crippen molar-refractivity contribution < 1.29 is 9.18 Å². The fourth-order valence-electron chi connectivity index (χ4n) is 5.69. The van der Waals surface area contributed by atoms with Crippen LogP contribution in [0, 0.1) is 23.1 Å². The molecule has 0 bridgehead atoms. The number of amides is 1. The van der Waals surface area contributed by atoms with Crippen LogP contribution in [0.1, 0.15) is 24.1 Å². The van der Waals surface area contributed by atoms with Gasteiger partial charge in [-0.15, -0.1) is 0 Å². The van der Waals surface area contributed by atoms with Gasteiger partial charge in [-0.1, -0.05) is 54.6 Å². The number of carbonyl (C=O) groups is 1. The maximum Gasteiger partial charge on any atom is 0.221 e. The van der Waals surface area contributed by atoms with Gasteiger partial charge in [-0.2, -0.15) is 0 Å².